The standard InChI is InChI=1S/C22H26BrN3O4/c1-5-30-19-12-16(11-17(23)22(19)29-4)13-24-26-21(28)10-9-20(27)25-18-8-6-7-14(2)15(18)3/h6-8,11-13H,5,9-10H2,1-4H3,(H,25,27)(H,26,28). The number of ether oxygens (including phenoxy) is 2. The number of carbonyl (C=O) groups excluding carboxylic acids is 2. The Morgan fingerprint density at radius 3 is 2.60 bits per heavy atom. The van der Waals surface area contributed by atoms with E-state index in [-0.39, 0.29) is 24.7 Å². The summed E-state index contributed by atoms with van der Waals surface area (Å²) in [7, 11) is 1.56. The van der Waals surface area contributed by atoms with Gasteiger partial charge < -0.3 is 14.8 Å². The first-order valence-electron chi connectivity index (χ1n) is 9.54. The van der Waals surface area contributed by atoms with Gasteiger partial charge in [-0.1, -0.05) is 12.1 Å². The first kappa shape index (κ1) is 23.4. The topological polar surface area (TPSA) is 89.0 Å². The van der Waals surface area contributed by atoms with E-state index in [2.05, 4.69) is 31.8 Å². The van der Waals surface area contributed by atoms with E-state index in [9.17, 15) is 9.59 Å². The number of halogens is 1. The van der Waals surface area contributed by atoms with Gasteiger partial charge in [-0.3, -0.25) is 9.59 Å². The smallest absolute Gasteiger partial charge is 0.240 e. The van der Waals surface area contributed by atoms with E-state index in [4.69, 9.17) is 9.47 Å². The van der Waals surface area contributed by atoms with Crippen molar-refractivity contribution < 1.29 is 19.1 Å². The molecular formula is C22H26BrN3O4. The number of nitrogens with one attached hydrogen (secondary N) is 2. The molecule has 0 aliphatic rings. The number of anilines is 1. The van der Waals surface area contributed by atoms with Crippen molar-refractivity contribution in [1.29, 1.82) is 0 Å². The summed E-state index contributed by atoms with van der Waals surface area (Å²) in [6.07, 6.45) is 1.60. The first-order chi connectivity index (χ1) is 14.3. The number of hydrazone groups is 1. The highest BCUT2D eigenvalue weighted by molar-refractivity contribution is 9.10. The molecule has 0 aromatic heterocycles. The van der Waals surface area contributed by atoms with E-state index in [1.807, 2.05) is 39.0 Å². The van der Waals surface area contributed by atoms with Crippen LogP contribution < -0.4 is 20.2 Å². The average Bonchev–Trinajstić information content (AvgIpc) is 2.70. The van der Waals surface area contributed by atoms with Gasteiger partial charge in [0.25, 0.3) is 0 Å². The largest absolute Gasteiger partial charge is 0.492 e. The van der Waals surface area contributed by atoms with Gasteiger partial charge in [-0.15, -0.1) is 0 Å². The fraction of sp³-hybridized carbons (Fsp3) is 0.318. The van der Waals surface area contributed by atoms with E-state index in [0.29, 0.717) is 22.6 Å². The van der Waals surface area contributed by atoms with Gasteiger partial charge in [-0.25, -0.2) is 5.43 Å². The molecule has 0 aliphatic carbocycles. The van der Waals surface area contributed by atoms with E-state index in [0.717, 1.165) is 22.4 Å². The number of benzene rings is 2. The minimum Gasteiger partial charge on any atom is -0.492 e. The van der Waals surface area contributed by atoms with Crippen molar-refractivity contribution in [3.63, 3.8) is 0 Å². The maximum absolute atomic E-state index is 12.1. The van der Waals surface area contributed by atoms with Crippen molar-refractivity contribution in [2.75, 3.05) is 19.0 Å². The Hall–Kier alpha value is -2.87. The zero-order valence-corrected chi connectivity index (χ0v) is 19.1. The number of aryl methyl sites for hydroxylation is 1. The summed E-state index contributed by atoms with van der Waals surface area (Å²) in [5.74, 6) is 0.599. The van der Waals surface area contributed by atoms with Crippen molar-refractivity contribution in [1.82, 2.24) is 5.43 Å². The van der Waals surface area contributed by atoms with Crippen LogP contribution in [0.15, 0.2) is 39.9 Å². The summed E-state index contributed by atoms with van der Waals surface area (Å²) in [5, 5.41) is 6.79. The van der Waals surface area contributed by atoms with Gasteiger partial charge in [0, 0.05) is 18.5 Å². The molecule has 0 saturated heterocycles. The summed E-state index contributed by atoms with van der Waals surface area (Å²) >= 11 is 3.43. The SMILES string of the molecule is CCOc1cc(C=NNC(=O)CCC(=O)Nc2cccc(C)c2C)cc(Br)c1OC. The van der Waals surface area contributed by atoms with Crippen molar-refractivity contribution >= 4 is 39.6 Å². The first-order valence-corrected chi connectivity index (χ1v) is 10.3. The molecule has 160 valence electrons. The lowest BCUT2D eigenvalue weighted by Gasteiger charge is -2.11. The van der Waals surface area contributed by atoms with Gasteiger partial charge in [0.2, 0.25) is 11.8 Å². The van der Waals surface area contributed by atoms with Crippen LogP contribution in [0.4, 0.5) is 5.69 Å². The molecule has 0 radical (unpaired) electrons. The van der Waals surface area contributed by atoms with Crippen molar-refractivity contribution in [3.8, 4) is 11.5 Å². The van der Waals surface area contributed by atoms with Crippen LogP contribution in [0.1, 0.15) is 36.5 Å². The molecule has 2 rings (SSSR count). The highest BCUT2D eigenvalue weighted by Gasteiger charge is 2.11. The van der Waals surface area contributed by atoms with Gasteiger partial charge in [-0.05, 0) is 71.6 Å². The van der Waals surface area contributed by atoms with E-state index in [1.54, 1.807) is 19.2 Å². The fourth-order valence-electron chi connectivity index (χ4n) is 2.68. The number of carbonyl (C=O) groups is 2. The summed E-state index contributed by atoms with van der Waals surface area (Å²) in [5.41, 5.74) is 6.02. The van der Waals surface area contributed by atoms with Crippen LogP contribution in [0.25, 0.3) is 0 Å². The summed E-state index contributed by atoms with van der Waals surface area (Å²) in [4.78, 5) is 24.1. The molecule has 2 amide bonds. The quantitative estimate of drug-likeness (QED) is 0.416. The monoisotopic (exact) mass is 475 g/mol. The number of amides is 2. The molecule has 2 N–H and O–H groups in total. The molecule has 0 atom stereocenters. The van der Waals surface area contributed by atoms with E-state index >= 15 is 0 Å². The second-order valence-corrected chi connectivity index (χ2v) is 7.41. The molecule has 2 aromatic rings. The second-order valence-electron chi connectivity index (χ2n) is 6.56. The minimum atomic E-state index is -0.347. The lowest BCUT2D eigenvalue weighted by molar-refractivity contribution is -0.124. The van der Waals surface area contributed by atoms with Crippen molar-refractivity contribution in [2.45, 2.75) is 33.6 Å². The fourth-order valence-corrected chi connectivity index (χ4v) is 3.31. The Balaban J connectivity index is 1.87. The molecule has 0 saturated carbocycles. The Morgan fingerprint density at radius 2 is 1.90 bits per heavy atom. The molecule has 0 fully saturated rings. The second kappa shape index (κ2) is 11.3. The van der Waals surface area contributed by atoms with Crippen LogP contribution in [-0.4, -0.2) is 31.7 Å². The van der Waals surface area contributed by atoms with Crippen LogP contribution in [0.5, 0.6) is 11.5 Å². The van der Waals surface area contributed by atoms with Gasteiger partial charge in [0.15, 0.2) is 11.5 Å². The minimum absolute atomic E-state index is 0.0323. The third kappa shape index (κ3) is 6.59. The molecule has 0 spiro atoms. The van der Waals surface area contributed by atoms with E-state index < -0.39 is 0 Å². The molecule has 0 aliphatic heterocycles. The van der Waals surface area contributed by atoms with Crippen LogP contribution in [0, 0.1) is 13.8 Å². The van der Waals surface area contributed by atoms with Crippen LogP contribution in [-0.2, 0) is 9.59 Å². The Morgan fingerprint density at radius 1 is 1.17 bits per heavy atom. The molecule has 0 unspecified atom stereocenters. The van der Waals surface area contributed by atoms with Crippen LogP contribution in [0.2, 0.25) is 0 Å². The molecule has 0 bridgehead atoms. The molecular weight excluding hydrogens is 450 g/mol. The molecule has 0 heterocycles. The number of methoxy groups -OCH3 is 1. The lowest BCUT2D eigenvalue weighted by atomic mass is 10.1. The predicted octanol–water partition coefficient (Wildman–Crippen LogP) is 4.34. The Labute approximate surface area is 185 Å². The van der Waals surface area contributed by atoms with Crippen molar-refractivity contribution in [3.05, 3.63) is 51.5 Å². The molecule has 7 nitrogen and oxygen atoms in total. The highest BCUT2D eigenvalue weighted by Crippen LogP contribution is 2.36. The summed E-state index contributed by atoms with van der Waals surface area (Å²) in [6, 6.07) is 9.27. The van der Waals surface area contributed by atoms with Crippen LogP contribution in [0.3, 0.4) is 0 Å². The zero-order chi connectivity index (χ0) is 22.1. The molecule has 8 heteroatoms. The summed E-state index contributed by atoms with van der Waals surface area (Å²) < 4.78 is 11.6. The third-order valence-corrected chi connectivity index (χ3v) is 4.99. The van der Waals surface area contributed by atoms with Crippen LogP contribution >= 0.6 is 15.9 Å². The van der Waals surface area contributed by atoms with Crippen molar-refractivity contribution in [2.24, 2.45) is 5.10 Å². The number of hydrogen-bond donors (Lipinski definition) is 2. The highest BCUT2D eigenvalue weighted by atomic mass is 79.9. The summed E-state index contributed by atoms with van der Waals surface area (Å²) in [6.45, 7) is 6.30. The van der Waals surface area contributed by atoms with E-state index in [1.165, 1.54) is 6.21 Å². The van der Waals surface area contributed by atoms with Gasteiger partial charge in [-0.2, -0.15) is 5.10 Å². The molecule has 2 aromatic carbocycles. The zero-order valence-electron chi connectivity index (χ0n) is 17.5. The number of nitrogens with zero attached hydrogens (tertiary/aromatic N) is 1. The maximum Gasteiger partial charge on any atom is 0.240 e. The Bertz CT molecular complexity index is 944. The lowest BCUT2D eigenvalue weighted by Crippen LogP contribution is -2.21. The van der Waals surface area contributed by atoms with Gasteiger partial charge >= 0.3 is 0 Å². The normalized spacial score (nSPS) is 10.7. The number of hydrogen-bond acceptors (Lipinski definition) is 5. The third-order valence-electron chi connectivity index (χ3n) is 4.40. The number of rotatable bonds is 9. The maximum atomic E-state index is 12.1. The predicted molar refractivity (Wildman–Crippen MR) is 121 cm³/mol. The Kier molecular flexibility index (Phi) is 8.86. The molecule has 30 heavy (non-hydrogen) atoms. The average molecular weight is 476 g/mol. The van der Waals surface area contributed by atoms with Gasteiger partial charge in [0.05, 0.1) is 24.4 Å². The van der Waals surface area contributed by atoms with Gasteiger partial charge in [0.1, 0.15) is 0 Å².